The zero-order chi connectivity index (χ0) is 19.8. The lowest BCUT2D eigenvalue weighted by molar-refractivity contribution is -0.139. The Labute approximate surface area is 168 Å². The molecule has 6 heteroatoms. The van der Waals surface area contributed by atoms with Crippen molar-refractivity contribution in [1.82, 2.24) is 15.1 Å². The van der Waals surface area contributed by atoms with Gasteiger partial charge in [0.05, 0.1) is 12.5 Å². The highest BCUT2D eigenvalue weighted by Crippen LogP contribution is 2.20. The maximum absolute atomic E-state index is 12.6. The molecule has 1 aromatic carbocycles. The summed E-state index contributed by atoms with van der Waals surface area (Å²) < 4.78 is 5.06. The van der Waals surface area contributed by atoms with Gasteiger partial charge in [-0.3, -0.25) is 14.5 Å². The van der Waals surface area contributed by atoms with Gasteiger partial charge in [-0.2, -0.15) is 0 Å². The third-order valence-corrected chi connectivity index (χ3v) is 5.96. The van der Waals surface area contributed by atoms with E-state index in [2.05, 4.69) is 40.5 Å². The number of methoxy groups -OCH3 is 1. The summed E-state index contributed by atoms with van der Waals surface area (Å²) in [5.41, 5.74) is 1.36. The second-order valence-electron chi connectivity index (χ2n) is 8.02. The molecule has 1 N–H and O–H groups in total. The van der Waals surface area contributed by atoms with Crippen LogP contribution in [0, 0.1) is 11.8 Å². The summed E-state index contributed by atoms with van der Waals surface area (Å²) >= 11 is 0. The maximum atomic E-state index is 12.6. The fourth-order valence-corrected chi connectivity index (χ4v) is 4.13. The van der Waals surface area contributed by atoms with Crippen molar-refractivity contribution in [3.8, 4) is 0 Å². The molecule has 2 heterocycles. The van der Waals surface area contributed by atoms with Crippen LogP contribution in [0.5, 0.6) is 0 Å². The Morgan fingerprint density at radius 2 is 1.93 bits per heavy atom. The van der Waals surface area contributed by atoms with Gasteiger partial charge in [-0.05, 0) is 43.8 Å². The summed E-state index contributed by atoms with van der Waals surface area (Å²) in [5.74, 6) is 0.687. The summed E-state index contributed by atoms with van der Waals surface area (Å²) in [6.07, 6.45) is 3.36. The van der Waals surface area contributed by atoms with Gasteiger partial charge in [0.25, 0.3) is 0 Å². The van der Waals surface area contributed by atoms with Gasteiger partial charge in [0.2, 0.25) is 11.8 Å². The Bertz CT molecular complexity index is 629. The lowest BCUT2D eigenvalue weighted by Crippen LogP contribution is -2.47. The summed E-state index contributed by atoms with van der Waals surface area (Å²) in [6.45, 7) is 5.52. The molecule has 2 fully saturated rings. The van der Waals surface area contributed by atoms with E-state index in [1.807, 2.05) is 0 Å². The standard InChI is InChI=1S/C22H33N3O3/c1-28-14-13-25-17-20(7-8-21(25)26)22(27)23-15-18-9-11-24(12-10-18)16-19-5-3-2-4-6-19/h2-6,18,20H,7-17H2,1H3,(H,23,27)/t20-/m0/s1. The third-order valence-electron chi connectivity index (χ3n) is 5.96. The number of carbonyl (C=O) groups excluding carboxylic acids is 2. The molecule has 2 aliphatic rings. The van der Waals surface area contributed by atoms with Crippen LogP contribution in [-0.2, 0) is 20.9 Å². The van der Waals surface area contributed by atoms with Gasteiger partial charge in [-0.1, -0.05) is 30.3 Å². The molecule has 0 spiro atoms. The summed E-state index contributed by atoms with van der Waals surface area (Å²) in [4.78, 5) is 28.8. The van der Waals surface area contributed by atoms with Crippen LogP contribution in [0.2, 0.25) is 0 Å². The highest BCUT2D eigenvalue weighted by molar-refractivity contribution is 5.83. The first-order valence-corrected chi connectivity index (χ1v) is 10.5. The largest absolute Gasteiger partial charge is 0.383 e. The number of nitrogens with zero attached hydrogens (tertiary/aromatic N) is 2. The Hall–Kier alpha value is -1.92. The molecule has 0 saturated carbocycles. The molecular weight excluding hydrogens is 354 g/mol. The molecule has 0 aliphatic carbocycles. The maximum Gasteiger partial charge on any atom is 0.224 e. The molecule has 1 atom stereocenters. The van der Waals surface area contributed by atoms with E-state index in [1.54, 1.807) is 12.0 Å². The van der Waals surface area contributed by atoms with Crippen molar-refractivity contribution < 1.29 is 14.3 Å². The summed E-state index contributed by atoms with van der Waals surface area (Å²) in [6, 6.07) is 10.6. The van der Waals surface area contributed by atoms with Crippen molar-refractivity contribution in [3.63, 3.8) is 0 Å². The van der Waals surface area contributed by atoms with E-state index in [1.165, 1.54) is 5.56 Å². The fourth-order valence-electron chi connectivity index (χ4n) is 4.13. The molecule has 2 saturated heterocycles. The Balaban J connectivity index is 1.36. The Morgan fingerprint density at radius 3 is 2.64 bits per heavy atom. The predicted molar refractivity (Wildman–Crippen MR) is 109 cm³/mol. The van der Waals surface area contributed by atoms with Gasteiger partial charge in [-0.25, -0.2) is 0 Å². The van der Waals surface area contributed by atoms with Crippen LogP contribution < -0.4 is 5.32 Å². The van der Waals surface area contributed by atoms with Gasteiger partial charge >= 0.3 is 0 Å². The van der Waals surface area contributed by atoms with Gasteiger partial charge in [0.15, 0.2) is 0 Å². The predicted octanol–water partition coefficient (Wildman–Crippen LogP) is 1.90. The highest BCUT2D eigenvalue weighted by Gasteiger charge is 2.30. The number of ether oxygens (including phenoxy) is 1. The normalized spacial score (nSPS) is 21.7. The van der Waals surface area contributed by atoms with Crippen molar-refractivity contribution in [2.75, 3.05) is 46.4 Å². The summed E-state index contributed by atoms with van der Waals surface area (Å²) in [7, 11) is 1.63. The van der Waals surface area contributed by atoms with Crippen molar-refractivity contribution in [2.45, 2.75) is 32.2 Å². The van der Waals surface area contributed by atoms with E-state index < -0.39 is 0 Å². The first-order valence-electron chi connectivity index (χ1n) is 10.5. The van der Waals surface area contributed by atoms with Crippen LogP contribution in [0.25, 0.3) is 0 Å². The molecule has 6 nitrogen and oxygen atoms in total. The highest BCUT2D eigenvalue weighted by atomic mass is 16.5. The number of benzene rings is 1. The van der Waals surface area contributed by atoms with Crippen molar-refractivity contribution >= 4 is 11.8 Å². The molecule has 2 aliphatic heterocycles. The second-order valence-corrected chi connectivity index (χ2v) is 8.02. The Kier molecular flexibility index (Phi) is 7.86. The van der Waals surface area contributed by atoms with Crippen LogP contribution in [0.4, 0.5) is 0 Å². The average molecular weight is 388 g/mol. The van der Waals surface area contributed by atoms with E-state index >= 15 is 0 Å². The summed E-state index contributed by atoms with van der Waals surface area (Å²) in [5, 5.41) is 3.15. The van der Waals surface area contributed by atoms with Crippen molar-refractivity contribution in [1.29, 1.82) is 0 Å². The molecule has 0 radical (unpaired) electrons. The van der Waals surface area contributed by atoms with Crippen molar-refractivity contribution in [3.05, 3.63) is 35.9 Å². The average Bonchev–Trinajstić information content (AvgIpc) is 2.73. The zero-order valence-electron chi connectivity index (χ0n) is 16.9. The third kappa shape index (κ3) is 6.04. The van der Waals surface area contributed by atoms with Gasteiger partial charge in [0.1, 0.15) is 0 Å². The van der Waals surface area contributed by atoms with Crippen LogP contribution in [0.3, 0.4) is 0 Å². The monoisotopic (exact) mass is 387 g/mol. The number of amides is 2. The minimum atomic E-state index is -0.0901. The lowest BCUT2D eigenvalue weighted by atomic mass is 9.94. The molecule has 154 valence electrons. The van der Waals surface area contributed by atoms with Crippen LogP contribution in [0.15, 0.2) is 30.3 Å². The van der Waals surface area contributed by atoms with Crippen LogP contribution in [0.1, 0.15) is 31.2 Å². The van der Waals surface area contributed by atoms with E-state index in [0.29, 0.717) is 38.5 Å². The minimum Gasteiger partial charge on any atom is -0.383 e. The van der Waals surface area contributed by atoms with Crippen LogP contribution in [-0.4, -0.2) is 68.1 Å². The number of piperidine rings is 2. The quantitative estimate of drug-likeness (QED) is 0.740. The van der Waals surface area contributed by atoms with Gasteiger partial charge in [0, 0.05) is 39.7 Å². The van der Waals surface area contributed by atoms with Crippen molar-refractivity contribution in [2.24, 2.45) is 11.8 Å². The first kappa shape index (κ1) is 20.8. The van der Waals surface area contributed by atoms with E-state index in [4.69, 9.17) is 4.74 Å². The van der Waals surface area contributed by atoms with Gasteiger partial charge < -0.3 is 15.0 Å². The molecule has 0 unspecified atom stereocenters. The smallest absolute Gasteiger partial charge is 0.224 e. The number of hydrogen-bond donors (Lipinski definition) is 1. The number of carbonyl (C=O) groups is 2. The number of rotatable bonds is 8. The Morgan fingerprint density at radius 1 is 1.18 bits per heavy atom. The first-order chi connectivity index (χ1) is 13.7. The molecule has 0 aromatic heterocycles. The topological polar surface area (TPSA) is 61.9 Å². The second kappa shape index (κ2) is 10.6. The molecule has 28 heavy (non-hydrogen) atoms. The zero-order valence-corrected chi connectivity index (χ0v) is 16.9. The van der Waals surface area contributed by atoms with Crippen LogP contribution >= 0.6 is 0 Å². The molecule has 0 bridgehead atoms. The molecular formula is C22H33N3O3. The fraction of sp³-hybridized carbons (Fsp3) is 0.636. The molecule has 2 amide bonds. The number of nitrogens with one attached hydrogen (secondary N) is 1. The van der Waals surface area contributed by atoms with E-state index in [9.17, 15) is 9.59 Å². The molecule has 1 aromatic rings. The SMILES string of the molecule is COCCN1C[C@@H](C(=O)NCC2CCN(Cc3ccccc3)CC2)CCC1=O. The minimum absolute atomic E-state index is 0.0901. The molecule has 3 rings (SSSR count). The number of hydrogen-bond acceptors (Lipinski definition) is 4. The number of likely N-dealkylation sites (tertiary alicyclic amines) is 2. The van der Waals surface area contributed by atoms with E-state index in [0.717, 1.165) is 39.0 Å². The van der Waals surface area contributed by atoms with Gasteiger partial charge in [-0.15, -0.1) is 0 Å². The lowest BCUT2D eigenvalue weighted by Gasteiger charge is -2.34. The van der Waals surface area contributed by atoms with E-state index in [-0.39, 0.29) is 17.7 Å².